The van der Waals surface area contributed by atoms with E-state index < -0.39 is 6.29 Å². The van der Waals surface area contributed by atoms with Gasteiger partial charge >= 0.3 is 12.3 Å². The molecule has 1 aromatic carbocycles. The number of ether oxygens (including phenoxy) is 3. The van der Waals surface area contributed by atoms with Crippen LogP contribution in [0.5, 0.6) is 17.5 Å². The van der Waals surface area contributed by atoms with Crippen molar-refractivity contribution in [1.82, 2.24) is 19.8 Å². The van der Waals surface area contributed by atoms with Crippen molar-refractivity contribution in [3.63, 3.8) is 0 Å². The molecule has 2 aromatic rings. The molecule has 10 heteroatoms. The number of aromatic nitrogens is 2. The van der Waals surface area contributed by atoms with Crippen LogP contribution in [0.2, 0.25) is 0 Å². The molecule has 1 fully saturated rings. The Kier molecular flexibility index (Phi) is 5.49. The van der Waals surface area contributed by atoms with Gasteiger partial charge in [-0.2, -0.15) is 0 Å². The molecule has 1 amide bonds. The molecule has 0 bridgehead atoms. The Morgan fingerprint density at radius 3 is 2.57 bits per heavy atom. The molecule has 1 saturated heterocycles. The molecular weight excluding hydrogens is 398 g/mol. The van der Waals surface area contributed by atoms with Crippen LogP contribution in [0.1, 0.15) is 15.9 Å². The summed E-state index contributed by atoms with van der Waals surface area (Å²) < 4.78 is 39.9. The van der Waals surface area contributed by atoms with E-state index >= 15 is 0 Å². The van der Waals surface area contributed by atoms with E-state index in [2.05, 4.69) is 24.3 Å². The fourth-order valence-electron chi connectivity index (χ4n) is 3.26. The summed E-state index contributed by atoms with van der Waals surface area (Å²) in [6, 6.07) is 4.89. The number of carbonyl (C=O) groups is 1. The van der Waals surface area contributed by atoms with Crippen molar-refractivity contribution in [3.8, 4) is 17.5 Å². The lowest BCUT2D eigenvalue weighted by Crippen LogP contribution is -2.48. The summed E-state index contributed by atoms with van der Waals surface area (Å²) >= 11 is 0. The van der Waals surface area contributed by atoms with Gasteiger partial charge in [-0.3, -0.25) is 9.69 Å². The summed E-state index contributed by atoms with van der Waals surface area (Å²) in [4.78, 5) is 24.4. The highest BCUT2D eigenvalue weighted by Gasteiger charge is 2.43. The van der Waals surface area contributed by atoms with Crippen LogP contribution in [0.15, 0.2) is 36.7 Å². The first kappa shape index (κ1) is 20.0. The zero-order chi connectivity index (χ0) is 21.1. The molecule has 4 rings (SSSR count). The van der Waals surface area contributed by atoms with Crippen LogP contribution >= 0.6 is 0 Å². The summed E-state index contributed by atoms with van der Waals surface area (Å²) in [6.07, 6.45) is 3.10. The first-order chi connectivity index (χ1) is 14.4. The van der Waals surface area contributed by atoms with Crippen LogP contribution < -0.4 is 14.2 Å². The van der Waals surface area contributed by atoms with E-state index in [9.17, 15) is 13.6 Å². The fraction of sp³-hybridized carbons (Fsp3) is 0.350. The van der Waals surface area contributed by atoms with Crippen LogP contribution in [0.3, 0.4) is 0 Å². The van der Waals surface area contributed by atoms with Crippen molar-refractivity contribution >= 4 is 12.0 Å². The van der Waals surface area contributed by atoms with Crippen molar-refractivity contribution in [1.29, 1.82) is 0 Å². The minimum absolute atomic E-state index is 0.0248. The number of piperazine rings is 1. The second-order valence-electron chi connectivity index (χ2n) is 6.83. The zero-order valence-corrected chi connectivity index (χ0v) is 16.3. The molecule has 158 valence electrons. The molecule has 30 heavy (non-hydrogen) atoms. The number of carbonyl (C=O) groups excluding carboxylic acids is 1. The van der Waals surface area contributed by atoms with Crippen LogP contribution in [-0.4, -0.2) is 71.8 Å². The third-order valence-corrected chi connectivity index (χ3v) is 4.82. The number of rotatable bonds is 5. The highest BCUT2D eigenvalue weighted by Crippen LogP contribution is 2.41. The summed E-state index contributed by atoms with van der Waals surface area (Å²) in [6.45, 7) is 3.31. The van der Waals surface area contributed by atoms with Gasteiger partial charge in [-0.25, -0.2) is 9.97 Å². The Labute approximate surface area is 171 Å². The number of amides is 1. The molecule has 0 N–H and O–H groups in total. The van der Waals surface area contributed by atoms with Crippen LogP contribution in [-0.2, 0) is 0 Å². The van der Waals surface area contributed by atoms with Gasteiger partial charge in [0.25, 0.3) is 5.91 Å². The van der Waals surface area contributed by atoms with E-state index in [0.717, 1.165) is 18.7 Å². The van der Waals surface area contributed by atoms with Gasteiger partial charge in [0, 0.05) is 45.1 Å². The van der Waals surface area contributed by atoms with Crippen molar-refractivity contribution in [2.75, 3.05) is 39.8 Å². The molecule has 1 aromatic heterocycles. The minimum atomic E-state index is -3.61. The Balaban J connectivity index is 1.26. The molecule has 0 unspecified atom stereocenters. The number of halogens is 2. The average Bonchev–Trinajstić information content (AvgIpc) is 3.07. The van der Waals surface area contributed by atoms with Gasteiger partial charge in [-0.1, -0.05) is 18.2 Å². The SMILES string of the molecule is COc1ncc(C(=O)N2CCN(C/C=C/c3ccc4c(c3)OC(F)(F)O4)CC2)cn1. The van der Waals surface area contributed by atoms with Crippen molar-refractivity contribution in [2.45, 2.75) is 6.29 Å². The van der Waals surface area contributed by atoms with Gasteiger partial charge in [-0.05, 0) is 17.7 Å². The van der Waals surface area contributed by atoms with Gasteiger partial charge < -0.3 is 19.1 Å². The predicted molar refractivity (Wildman–Crippen MR) is 103 cm³/mol. The summed E-state index contributed by atoms with van der Waals surface area (Å²) in [5.74, 6) is -0.0537. The minimum Gasteiger partial charge on any atom is -0.467 e. The number of hydrogen-bond donors (Lipinski definition) is 0. The number of hydrogen-bond acceptors (Lipinski definition) is 7. The first-order valence-electron chi connectivity index (χ1n) is 9.37. The fourth-order valence-corrected chi connectivity index (χ4v) is 3.26. The number of benzene rings is 1. The lowest BCUT2D eigenvalue weighted by molar-refractivity contribution is -0.286. The molecular formula is C20H20F2N4O4. The summed E-state index contributed by atoms with van der Waals surface area (Å²) in [5.41, 5.74) is 1.17. The number of alkyl halides is 2. The summed E-state index contributed by atoms with van der Waals surface area (Å²) in [5, 5.41) is 0. The molecule has 3 heterocycles. The first-order valence-corrected chi connectivity index (χ1v) is 9.37. The molecule has 0 radical (unpaired) electrons. The van der Waals surface area contributed by atoms with E-state index in [1.54, 1.807) is 11.0 Å². The lowest BCUT2D eigenvalue weighted by Gasteiger charge is -2.34. The lowest BCUT2D eigenvalue weighted by atomic mass is 10.2. The Morgan fingerprint density at radius 2 is 1.87 bits per heavy atom. The predicted octanol–water partition coefficient (Wildman–Crippen LogP) is 2.28. The average molecular weight is 418 g/mol. The van der Waals surface area contributed by atoms with E-state index in [1.165, 1.54) is 31.6 Å². The second-order valence-corrected chi connectivity index (χ2v) is 6.83. The number of fused-ring (bicyclic) bond motifs is 1. The van der Waals surface area contributed by atoms with Crippen molar-refractivity contribution in [2.24, 2.45) is 0 Å². The summed E-state index contributed by atoms with van der Waals surface area (Å²) in [7, 11) is 1.47. The number of methoxy groups -OCH3 is 1. The van der Waals surface area contributed by atoms with Crippen molar-refractivity contribution in [3.05, 3.63) is 47.8 Å². The van der Waals surface area contributed by atoms with Crippen molar-refractivity contribution < 1.29 is 27.8 Å². The molecule has 2 aliphatic rings. The second kappa shape index (κ2) is 8.23. The Bertz CT molecular complexity index is 944. The highest BCUT2D eigenvalue weighted by molar-refractivity contribution is 5.93. The number of nitrogens with zero attached hydrogens (tertiary/aromatic N) is 4. The van der Waals surface area contributed by atoms with Crippen LogP contribution in [0, 0.1) is 0 Å². The molecule has 8 nitrogen and oxygen atoms in total. The van der Waals surface area contributed by atoms with E-state index in [1.807, 2.05) is 12.2 Å². The van der Waals surface area contributed by atoms with Gasteiger partial charge in [0.2, 0.25) is 0 Å². The molecule has 0 saturated carbocycles. The quantitative estimate of drug-likeness (QED) is 0.737. The highest BCUT2D eigenvalue weighted by atomic mass is 19.3. The van der Waals surface area contributed by atoms with Gasteiger partial charge in [0.1, 0.15) is 0 Å². The maximum absolute atomic E-state index is 13.1. The Hall–Kier alpha value is -3.27. The third kappa shape index (κ3) is 4.48. The van der Waals surface area contributed by atoms with Gasteiger partial charge in [0.05, 0.1) is 12.7 Å². The maximum Gasteiger partial charge on any atom is 0.586 e. The van der Waals surface area contributed by atoms with E-state index in [0.29, 0.717) is 25.2 Å². The zero-order valence-electron chi connectivity index (χ0n) is 16.3. The molecule has 0 aliphatic carbocycles. The molecule has 0 atom stereocenters. The topological polar surface area (TPSA) is 77.0 Å². The normalized spacial score (nSPS) is 18.0. The van der Waals surface area contributed by atoms with Gasteiger partial charge in [0.15, 0.2) is 11.5 Å². The van der Waals surface area contributed by atoms with E-state index in [-0.39, 0.29) is 23.4 Å². The van der Waals surface area contributed by atoms with E-state index in [4.69, 9.17) is 4.74 Å². The third-order valence-electron chi connectivity index (χ3n) is 4.82. The molecule has 2 aliphatic heterocycles. The largest absolute Gasteiger partial charge is 0.586 e. The smallest absolute Gasteiger partial charge is 0.467 e. The monoisotopic (exact) mass is 418 g/mol. The van der Waals surface area contributed by atoms with Gasteiger partial charge in [-0.15, -0.1) is 8.78 Å². The molecule has 0 spiro atoms. The van der Waals surface area contributed by atoms with Crippen LogP contribution in [0.4, 0.5) is 8.78 Å². The Morgan fingerprint density at radius 1 is 1.17 bits per heavy atom. The van der Waals surface area contributed by atoms with Crippen LogP contribution in [0.25, 0.3) is 6.08 Å². The maximum atomic E-state index is 13.1. The standard InChI is InChI=1S/C20H20F2N4O4/c1-28-19-23-12-15(13-24-19)18(27)26-9-7-25(8-10-26)6-2-3-14-4-5-16-17(11-14)30-20(21,22)29-16/h2-5,11-13H,6-10H2,1H3/b3-2+.